The van der Waals surface area contributed by atoms with Crippen LogP contribution in [0.3, 0.4) is 0 Å². The lowest BCUT2D eigenvalue weighted by atomic mass is 9.78. The van der Waals surface area contributed by atoms with Gasteiger partial charge in [-0.15, -0.1) is 0 Å². The van der Waals surface area contributed by atoms with Gasteiger partial charge in [0.05, 0.1) is 11.6 Å². The van der Waals surface area contributed by atoms with E-state index in [1.807, 2.05) is 0 Å². The van der Waals surface area contributed by atoms with Crippen LogP contribution in [0.1, 0.15) is 46.0 Å². The van der Waals surface area contributed by atoms with E-state index in [2.05, 4.69) is 19.2 Å². The van der Waals surface area contributed by atoms with Crippen molar-refractivity contribution in [2.24, 2.45) is 11.8 Å². The lowest BCUT2D eigenvalue weighted by Crippen LogP contribution is -2.45. The standard InChI is InChI=1S/C20H27Cl2NO4/c1-13-5-3-6-17(14(13)2)23-19(24)12-27-20(25)7-4-10-26-18-9-8-15(21)11-16(18)22/h8-9,11,13-14,17H,3-7,10,12H2,1-2H3,(H,23,24)/t13-,14+,17+/m1/s1. The summed E-state index contributed by atoms with van der Waals surface area (Å²) < 4.78 is 10.6. The predicted octanol–water partition coefficient (Wildman–Crippen LogP) is 4.64. The minimum absolute atomic E-state index is 0.164. The Morgan fingerprint density at radius 2 is 2.00 bits per heavy atom. The van der Waals surface area contributed by atoms with Crippen LogP contribution in [0.25, 0.3) is 0 Å². The number of carbonyl (C=O) groups excluding carboxylic acids is 2. The van der Waals surface area contributed by atoms with Crippen molar-refractivity contribution in [1.29, 1.82) is 0 Å². The molecule has 7 heteroatoms. The molecule has 0 saturated heterocycles. The van der Waals surface area contributed by atoms with E-state index in [1.54, 1.807) is 18.2 Å². The van der Waals surface area contributed by atoms with Gasteiger partial charge in [-0.25, -0.2) is 0 Å². The first kappa shape index (κ1) is 21.8. The average molecular weight is 416 g/mol. The summed E-state index contributed by atoms with van der Waals surface area (Å²) in [6.45, 7) is 4.45. The molecule has 0 aliphatic heterocycles. The molecule has 1 aliphatic rings. The molecule has 150 valence electrons. The van der Waals surface area contributed by atoms with Crippen LogP contribution in [0.2, 0.25) is 10.0 Å². The normalized spacial score (nSPS) is 22.1. The van der Waals surface area contributed by atoms with E-state index in [0.29, 0.717) is 40.7 Å². The summed E-state index contributed by atoms with van der Waals surface area (Å²) in [5.74, 6) is 0.903. The Balaban J connectivity index is 1.60. The van der Waals surface area contributed by atoms with Crippen LogP contribution < -0.4 is 10.1 Å². The van der Waals surface area contributed by atoms with Crippen LogP contribution in [0.4, 0.5) is 0 Å². The van der Waals surface area contributed by atoms with Crippen molar-refractivity contribution in [1.82, 2.24) is 5.32 Å². The Kier molecular flexibility index (Phi) is 8.71. The van der Waals surface area contributed by atoms with Crippen molar-refractivity contribution in [2.45, 2.75) is 52.0 Å². The van der Waals surface area contributed by atoms with E-state index in [0.717, 1.165) is 12.8 Å². The molecule has 3 atom stereocenters. The number of hydrogen-bond acceptors (Lipinski definition) is 4. The minimum Gasteiger partial charge on any atom is -0.492 e. The van der Waals surface area contributed by atoms with Gasteiger partial charge in [0.15, 0.2) is 6.61 Å². The van der Waals surface area contributed by atoms with Crippen molar-refractivity contribution in [3.05, 3.63) is 28.2 Å². The maximum absolute atomic E-state index is 12.0. The Morgan fingerprint density at radius 1 is 1.22 bits per heavy atom. The lowest BCUT2D eigenvalue weighted by molar-refractivity contribution is -0.149. The second kappa shape index (κ2) is 10.8. The maximum Gasteiger partial charge on any atom is 0.306 e. The molecule has 1 N–H and O–H groups in total. The molecule has 1 fully saturated rings. The molecule has 0 unspecified atom stereocenters. The molecule has 27 heavy (non-hydrogen) atoms. The summed E-state index contributed by atoms with van der Waals surface area (Å²) >= 11 is 11.8. The first-order valence-corrected chi connectivity index (χ1v) is 10.1. The lowest BCUT2D eigenvalue weighted by Gasteiger charge is -2.34. The molecule has 1 aliphatic carbocycles. The monoisotopic (exact) mass is 415 g/mol. The highest BCUT2D eigenvalue weighted by atomic mass is 35.5. The van der Waals surface area contributed by atoms with E-state index in [-0.39, 0.29) is 25.0 Å². The fourth-order valence-electron chi connectivity index (χ4n) is 3.24. The number of halogens is 2. The molecular formula is C20H27Cl2NO4. The molecule has 0 aromatic heterocycles. The second-order valence-corrected chi connectivity index (χ2v) is 7.97. The zero-order valence-electron chi connectivity index (χ0n) is 15.8. The quantitative estimate of drug-likeness (QED) is 0.496. The molecule has 1 amide bonds. The van der Waals surface area contributed by atoms with Crippen molar-refractivity contribution < 1.29 is 19.1 Å². The SMILES string of the molecule is C[C@H]1[C@H](C)CCC[C@@H]1NC(=O)COC(=O)CCCOc1ccc(Cl)cc1Cl. The fourth-order valence-corrected chi connectivity index (χ4v) is 3.71. The number of rotatable bonds is 8. The van der Waals surface area contributed by atoms with Crippen molar-refractivity contribution in [2.75, 3.05) is 13.2 Å². The average Bonchev–Trinajstić information content (AvgIpc) is 2.62. The number of esters is 1. The van der Waals surface area contributed by atoms with Crippen LogP contribution in [-0.4, -0.2) is 31.1 Å². The highest BCUT2D eigenvalue weighted by Gasteiger charge is 2.28. The predicted molar refractivity (Wildman–Crippen MR) is 106 cm³/mol. The highest BCUT2D eigenvalue weighted by molar-refractivity contribution is 6.35. The van der Waals surface area contributed by atoms with Crippen molar-refractivity contribution in [3.8, 4) is 5.75 Å². The third kappa shape index (κ3) is 7.23. The van der Waals surface area contributed by atoms with E-state index in [9.17, 15) is 9.59 Å². The van der Waals surface area contributed by atoms with Gasteiger partial charge in [-0.05, 0) is 42.9 Å². The Labute approximate surface area is 170 Å². The number of hydrogen-bond donors (Lipinski definition) is 1. The zero-order chi connectivity index (χ0) is 19.8. The molecule has 0 spiro atoms. The van der Waals surface area contributed by atoms with Gasteiger partial charge in [0.1, 0.15) is 5.75 Å². The Hall–Kier alpha value is -1.46. The van der Waals surface area contributed by atoms with Crippen molar-refractivity contribution >= 4 is 35.1 Å². The van der Waals surface area contributed by atoms with Crippen LogP contribution in [0.15, 0.2) is 18.2 Å². The van der Waals surface area contributed by atoms with Crippen LogP contribution >= 0.6 is 23.2 Å². The minimum atomic E-state index is -0.416. The van der Waals surface area contributed by atoms with Gasteiger partial charge in [0.2, 0.25) is 0 Å². The molecule has 5 nitrogen and oxygen atoms in total. The topological polar surface area (TPSA) is 64.6 Å². The summed E-state index contributed by atoms with van der Waals surface area (Å²) in [5.41, 5.74) is 0. The smallest absolute Gasteiger partial charge is 0.306 e. The van der Waals surface area contributed by atoms with Gasteiger partial charge in [-0.2, -0.15) is 0 Å². The van der Waals surface area contributed by atoms with Gasteiger partial charge in [0.25, 0.3) is 5.91 Å². The molecule has 0 heterocycles. The molecule has 0 bridgehead atoms. The van der Waals surface area contributed by atoms with Crippen LogP contribution in [-0.2, 0) is 14.3 Å². The summed E-state index contributed by atoms with van der Waals surface area (Å²) in [7, 11) is 0. The highest BCUT2D eigenvalue weighted by Crippen LogP contribution is 2.29. The number of nitrogens with one attached hydrogen (secondary N) is 1. The second-order valence-electron chi connectivity index (χ2n) is 7.13. The Morgan fingerprint density at radius 3 is 2.74 bits per heavy atom. The third-order valence-corrected chi connectivity index (χ3v) is 5.62. The molecular weight excluding hydrogens is 389 g/mol. The van der Waals surface area contributed by atoms with Crippen LogP contribution in [0.5, 0.6) is 5.75 Å². The van der Waals surface area contributed by atoms with Gasteiger partial charge >= 0.3 is 5.97 Å². The molecule has 1 aromatic rings. The van der Waals surface area contributed by atoms with E-state index >= 15 is 0 Å². The summed E-state index contributed by atoms with van der Waals surface area (Å²) in [6, 6.07) is 5.13. The molecule has 1 aromatic carbocycles. The summed E-state index contributed by atoms with van der Waals surface area (Å²) in [6.07, 6.45) is 3.95. The van der Waals surface area contributed by atoms with Gasteiger partial charge in [-0.3, -0.25) is 9.59 Å². The zero-order valence-corrected chi connectivity index (χ0v) is 17.3. The van der Waals surface area contributed by atoms with Gasteiger partial charge in [-0.1, -0.05) is 49.9 Å². The largest absolute Gasteiger partial charge is 0.492 e. The van der Waals surface area contributed by atoms with Gasteiger partial charge < -0.3 is 14.8 Å². The van der Waals surface area contributed by atoms with Crippen LogP contribution in [0, 0.1) is 11.8 Å². The van der Waals surface area contributed by atoms with E-state index in [4.69, 9.17) is 32.7 Å². The number of amides is 1. The number of ether oxygens (including phenoxy) is 2. The number of benzene rings is 1. The molecule has 1 saturated carbocycles. The van der Waals surface area contributed by atoms with Gasteiger partial charge in [0, 0.05) is 17.5 Å². The number of carbonyl (C=O) groups is 2. The first-order valence-electron chi connectivity index (χ1n) is 9.39. The van der Waals surface area contributed by atoms with E-state index in [1.165, 1.54) is 6.42 Å². The fraction of sp³-hybridized carbons (Fsp3) is 0.600. The maximum atomic E-state index is 12.0. The molecule has 2 rings (SSSR count). The third-order valence-electron chi connectivity index (χ3n) is 5.09. The molecule has 0 radical (unpaired) electrons. The first-order chi connectivity index (χ1) is 12.9. The van der Waals surface area contributed by atoms with Crippen molar-refractivity contribution in [3.63, 3.8) is 0 Å². The summed E-state index contributed by atoms with van der Waals surface area (Å²) in [4.78, 5) is 23.8. The summed E-state index contributed by atoms with van der Waals surface area (Å²) in [5, 5.41) is 3.95. The Bertz CT molecular complexity index is 653. The van der Waals surface area contributed by atoms with E-state index < -0.39 is 5.97 Å².